The van der Waals surface area contributed by atoms with E-state index >= 15 is 0 Å². The summed E-state index contributed by atoms with van der Waals surface area (Å²) < 4.78 is 6.47. The van der Waals surface area contributed by atoms with Gasteiger partial charge < -0.3 is 4.74 Å². The predicted octanol–water partition coefficient (Wildman–Crippen LogP) is 4.46. The first kappa shape index (κ1) is 17.5. The number of nitrogens with zero attached hydrogens (tertiary/aromatic N) is 3. The van der Waals surface area contributed by atoms with E-state index in [9.17, 15) is 4.79 Å². The summed E-state index contributed by atoms with van der Waals surface area (Å²) in [6, 6.07) is 7.36. The van der Waals surface area contributed by atoms with Crippen LogP contribution in [0.2, 0.25) is 5.02 Å². The van der Waals surface area contributed by atoms with E-state index in [1.54, 1.807) is 12.1 Å². The molecule has 0 aliphatic carbocycles. The van der Waals surface area contributed by atoms with Gasteiger partial charge >= 0.3 is 6.01 Å². The van der Waals surface area contributed by atoms with E-state index in [0.29, 0.717) is 10.8 Å². The van der Waals surface area contributed by atoms with Crippen molar-refractivity contribution in [2.24, 2.45) is 5.92 Å². The number of halogens is 1. The molecule has 0 aliphatic heterocycles. The van der Waals surface area contributed by atoms with E-state index in [1.807, 2.05) is 19.1 Å². The molecule has 6 heteroatoms. The van der Waals surface area contributed by atoms with Gasteiger partial charge in [-0.25, -0.2) is 0 Å². The van der Waals surface area contributed by atoms with Gasteiger partial charge in [0.15, 0.2) is 5.82 Å². The second-order valence-corrected chi connectivity index (χ2v) is 5.86. The number of benzene rings is 1. The molecule has 0 fully saturated rings. The summed E-state index contributed by atoms with van der Waals surface area (Å²) in [4.78, 5) is 17.2. The summed E-state index contributed by atoms with van der Waals surface area (Å²) in [5, 5.41) is 4.84. The molecular formula is C17H22ClN3O2. The second-order valence-electron chi connectivity index (χ2n) is 5.43. The highest BCUT2D eigenvalue weighted by molar-refractivity contribution is 6.30. The van der Waals surface area contributed by atoms with Gasteiger partial charge in [-0.05, 0) is 37.1 Å². The normalized spacial score (nSPS) is 12.2. The molecule has 0 saturated heterocycles. The molecule has 0 aliphatic rings. The third-order valence-corrected chi connectivity index (χ3v) is 4.08. The molecule has 2 aromatic rings. The maximum Gasteiger partial charge on any atom is 0.336 e. The predicted molar refractivity (Wildman–Crippen MR) is 91.0 cm³/mol. The van der Waals surface area contributed by atoms with E-state index in [-0.39, 0.29) is 17.8 Å². The first-order valence-corrected chi connectivity index (χ1v) is 8.29. The Morgan fingerprint density at radius 1 is 1.30 bits per heavy atom. The molecular weight excluding hydrogens is 314 g/mol. The Hall–Kier alpha value is -1.88. The minimum atomic E-state index is -0.0626. The van der Waals surface area contributed by atoms with Crippen molar-refractivity contribution in [1.82, 2.24) is 14.8 Å². The minimum absolute atomic E-state index is 0.0401. The van der Waals surface area contributed by atoms with Crippen molar-refractivity contribution in [2.75, 3.05) is 7.11 Å². The summed E-state index contributed by atoms with van der Waals surface area (Å²) >= 11 is 5.93. The molecule has 0 saturated carbocycles. The maximum absolute atomic E-state index is 12.9. The quantitative estimate of drug-likeness (QED) is 0.749. The van der Waals surface area contributed by atoms with Crippen LogP contribution in [0.3, 0.4) is 0 Å². The third-order valence-electron chi connectivity index (χ3n) is 3.83. The van der Waals surface area contributed by atoms with Gasteiger partial charge in [-0.15, -0.1) is 5.10 Å². The molecule has 124 valence electrons. The molecule has 0 spiro atoms. The molecule has 0 bridgehead atoms. The van der Waals surface area contributed by atoms with Crippen LogP contribution < -0.4 is 4.74 Å². The minimum Gasteiger partial charge on any atom is -0.466 e. The fourth-order valence-corrected chi connectivity index (χ4v) is 2.57. The number of hydrogen-bond donors (Lipinski definition) is 0. The zero-order valence-electron chi connectivity index (χ0n) is 13.8. The van der Waals surface area contributed by atoms with Crippen molar-refractivity contribution in [3.05, 3.63) is 29.3 Å². The highest BCUT2D eigenvalue weighted by Gasteiger charge is 2.24. The van der Waals surface area contributed by atoms with Crippen molar-refractivity contribution in [3.63, 3.8) is 0 Å². The monoisotopic (exact) mass is 335 g/mol. The fourth-order valence-electron chi connectivity index (χ4n) is 2.44. The number of rotatable bonds is 7. The standard InChI is InChI=1S/C17H22ClN3O2/c1-4-6-7-12(5-2)16(22)21-15(19-17(20-21)23-3)13-8-10-14(18)11-9-13/h8-12H,4-7H2,1-3H3. The van der Waals surface area contributed by atoms with Crippen molar-refractivity contribution in [2.45, 2.75) is 39.5 Å². The number of ether oxygens (including phenoxy) is 1. The van der Waals surface area contributed by atoms with Gasteiger partial charge in [0.1, 0.15) is 0 Å². The average Bonchev–Trinajstić information content (AvgIpc) is 3.00. The van der Waals surface area contributed by atoms with Gasteiger partial charge in [0, 0.05) is 16.5 Å². The van der Waals surface area contributed by atoms with Crippen LogP contribution in [0.15, 0.2) is 24.3 Å². The molecule has 0 radical (unpaired) electrons. The highest BCUT2D eigenvalue weighted by atomic mass is 35.5. The maximum atomic E-state index is 12.9. The van der Waals surface area contributed by atoms with Crippen LogP contribution >= 0.6 is 11.6 Å². The van der Waals surface area contributed by atoms with Crippen LogP contribution in [-0.4, -0.2) is 27.8 Å². The molecule has 2 rings (SSSR count). The van der Waals surface area contributed by atoms with Gasteiger partial charge in [-0.2, -0.15) is 9.67 Å². The number of unbranched alkanes of at least 4 members (excludes halogenated alkanes) is 1. The lowest BCUT2D eigenvalue weighted by Gasteiger charge is -2.14. The Morgan fingerprint density at radius 3 is 2.57 bits per heavy atom. The fraction of sp³-hybridized carbons (Fsp3) is 0.471. The Balaban J connectivity index is 2.38. The largest absolute Gasteiger partial charge is 0.466 e. The number of carbonyl (C=O) groups is 1. The summed E-state index contributed by atoms with van der Waals surface area (Å²) in [5.41, 5.74) is 0.781. The Bertz CT molecular complexity index is 652. The molecule has 0 N–H and O–H groups in total. The topological polar surface area (TPSA) is 57.0 Å². The van der Waals surface area contributed by atoms with Crippen molar-refractivity contribution in [3.8, 4) is 17.4 Å². The van der Waals surface area contributed by atoms with E-state index in [0.717, 1.165) is 31.2 Å². The first-order chi connectivity index (χ1) is 11.1. The van der Waals surface area contributed by atoms with Gasteiger partial charge in [-0.3, -0.25) is 4.79 Å². The Kier molecular flexibility index (Phi) is 6.16. The zero-order chi connectivity index (χ0) is 16.8. The van der Waals surface area contributed by atoms with Crippen LogP contribution in [0.4, 0.5) is 0 Å². The van der Waals surface area contributed by atoms with Crippen molar-refractivity contribution in [1.29, 1.82) is 0 Å². The van der Waals surface area contributed by atoms with Crippen molar-refractivity contribution >= 4 is 17.5 Å². The van der Waals surface area contributed by atoms with E-state index in [2.05, 4.69) is 17.0 Å². The van der Waals surface area contributed by atoms with Crippen LogP contribution in [0.1, 0.15) is 44.3 Å². The summed E-state index contributed by atoms with van der Waals surface area (Å²) in [7, 11) is 1.49. The van der Waals surface area contributed by atoms with E-state index in [1.165, 1.54) is 11.8 Å². The van der Waals surface area contributed by atoms with Gasteiger partial charge in [0.05, 0.1) is 7.11 Å². The molecule has 23 heavy (non-hydrogen) atoms. The Morgan fingerprint density at radius 2 is 2.00 bits per heavy atom. The van der Waals surface area contributed by atoms with Crippen LogP contribution in [0, 0.1) is 5.92 Å². The van der Waals surface area contributed by atoms with Gasteiger partial charge in [-0.1, -0.05) is 38.3 Å². The number of hydrogen-bond acceptors (Lipinski definition) is 4. The SMILES string of the molecule is CCCCC(CC)C(=O)n1nc(OC)nc1-c1ccc(Cl)cc1. The zero-order valence-corrected chi connectivity index (χ0v) is 14.5. The number of methoxy groups -OCH3 is 1. The summed E-state index contributed by atoms with van der Waals surface area (Å²) in [6.07, 6.45) is 3.72. The van der Waals surface area contributed by atoms with E-state index < -0.39 is 0 Å². The molecule has 1 aromatic carbocycles. The summed E-state index contributed by atoms with van der Waals surface area (Å²) in [6.45, 7) is 4.14. The van der Waals surface area contributed by atoms with E-state index in [4.69, 9.17) is 16.3 Å². The lowest BCUT2D eigenvalue weighted by molar-refractivity contribution is 0.0804. The molecule has 5 nitrogen and oxygen atoms in total. The smallest absolute Gasteiger partial charge is 0.336 e. The Labute approximate surface area is 141 Å². The van der Waals surface area contributed by atoms with Crippen LogP contribution in [-0.2, 0) is 0 Å². The van der Waals surface area contributed by atoms with Crippen LogP contribution in [0.5, 0.6) is 6.01 Å². The van der Waals surface area contributed by atoms with Crippen LogP contribution in [0.25, 0.3) is 11.4 Å². The average molecular weight is 336 g/mol. The number of carbonyl (C=O) groups excluding carboxylic acids is 1. The molecule has 1 atom stereocenters. The molecule has 1 unspecified atom stereocenters. The molecule has 1 heterocycles. The lowest BCUT2D eigenvalue weighted by Crippen LogP contribution is -2.23. The third kappa shape index (κ3) is 4.10. The first-order valence-electron chi connectivity index (χ1n) is 7.91. The second kappa shape index (κ2) is 8.11. The van der Waals surface area contributed by atoms with Crippen molar-refractivity contribution < 1.29 is 9.53 Å². The summed E-state index contributed by atoms with van der Waals surface area (Å²) in [5.74, 6) is 0.382. The molecule has 0 amide bonds. The van der Waals surface area contributed by atoms with Gasteiger partial charge in [0.2, 0.25) is 0 Å². The number of aromatic nitrogens is 3. The lowest BCUT2D eigenvalue weighted by atomic mass is 9.98. The molecule has 1 aromatic heterocycles. The van der Waals surface area contributed by atoms with Gasteiger partial charge in [0.25, 0.3) is 5.91 Å². The highest BCUT2D eigenvalue weighted by Crippen LogP contribution is 2.24.